The van der Waals surface area contributed by atoms with Crippen LogP contribution in [-0.4, -0.2) is 32.9 Å². The van der Waals surface area contributed by atoms with Crippen molar-refractivity contribution in [3.8, 4) is 5.75 Å². The summed E-state index contributed by atoms with van der Waals surface area (Å²) >= 11 is 0. The van der Waals surface area contributed by atoms with Crippen LogP contribution in [0.1, 0.15) is 31.2 Å². The van der Waals surface area contributed by atoms with E-state index in [0.29, 0.717) is 12.1 Å². The zero-order valence-corrected chi connectivity index (χ0v) is 12.0. The molecule has 0 aromatic heterocycles. The predicted octanol–water partition coefficient (Wildman–Crippen LogP) is 2.78. The molecule has 0 heterocycles. The fourth-order valence-corrected chi connectivity index (χ4v) is 2.79. The van der Waals surface area contributed by atoms with Gasteiger partial charge in [0.05, 0.1) is 13.2 Å². The minimum Gasteiger partial charge on any atom is -0.497 e. The average molecular weight is 263 g/mol. The lowest BCUT2D eigenvalue weighted by Crippen LogP contribution is -2.37. The van der Waals surface area contributed by atoms with Crippen LogP contribution < -0.4 is 10.1 Å². The third-order valence-corrected chi connectivity index (χ3v) is 3.94. The molecule has 3 heteroatoms. The van der Waals surface area contributed by atoms with Crippen LogP contribution >= 0.6 is 0 Å². The summed E-state index contributed by atoms with van der Waals surface area (Å²) in [6.45, 7) is 1.02. The van der Waals surface area contributed by atoms with E-state index in [1.807, 2.05) is 13.2 Å². The first-order chi connectivity index (χ1) is 9.31. The topological polar surface area (TPSA) is 30.5 Å². The van der Waals surface area contributed by atoms with Crippen molar-refractivity contribution in [3.63, 3.8) is 0 Å². The van der Waals surface area contributed by atoms with Gasteiger partial charge in [0, 0.05) is 13.2 Å². The van der Waals surface area contributed by atoms with E-state index in [1.54, 1.807) is 7.11 Å². The second kappa shape index (κ2) is 7.51. The molecule has 1 fully saturated rings. The summed E-state index contributed by atoms with van der Waals surface area (Å²) in [6.07, 6.45) is 6.40. The Kier molecular flexibility index (Phi) is 5.67. The maximum Gasteiger partial charge on any atom is 0.119 e. The molecule has 1 aromatic carbocycles. The van der Waals surface area contributed by atoms with E-state index < -0.39 is 0 Å². The van der Waals surface area contributed by atoms with Crippen molar-refractivity contribution >= 4 is 0 Å². The van der Waals surface area contributed by atoms with Crippen molar-refractivity contribution in [2.75, 3.05) is 20.8 Å². The first-order valence-corrected chi connectivity index (χ1v) is 7.21. The van der Waals surface area contributed by atoms with Crippen LogP contribution in [-0.2, 0) is 11.2 Å². The van der Waals surface area contributed by atoms with Gasteiger partial charge < -0.3 is 14.8 Å². The van der Waals surface area contributed by atoms with E-state index in [9.17, 15) is 0 Å². The molecular formula is C16H25NO2. The Morgan fingerprint density at radius 2 is 2.16 bits per heavy atom. The molecule has 1 aromatic rings. The SMILES string of the molecule is COc1cccc(CCNC2CCCC(OC)C2)c1. The Bertz CT molecular complexity index is 381. The van der Waals surface area contributed by atoms with E-state index in [1.165, 1.54) is 24.8 Å². The third-order valence-electron chi connectivity index (χ3n) is 3.94. The second-order valence-electron chi connectivity index (χ2n) is 5.28. The Hall–Kier alpha value is -1.06. The summed E-state index contributed by atoms with van der Waals surface area (Å²) in [5.41, 5.74) is 1.32. The average Bonchev–Trinajstić information content (AvgIpc) is 2.48. The molecule has 2 unspecified atom stereocenters. The largest absolute Gasteiger partial charge is 0.497 e. The molecule has 0 spiro atoms. The van der Waals surface area contributed by atoms with Crippen molar-refractivity contribution < 1.29 is 9.47 Å². The van der Waals surface area contributed by atoms with E-state index in [4.69, 9.17) is 9.47 Å². The Morgan fingerprint density at radius 3 is 2.95 bits per heavy atom. The van der Waals surface area contributed by atoms with Gasteiger partial charge in [0.25, 0.3) is 0 Å². The van der Waals surface area contributed by atoms with Crippen molar-refractivity contribution in [2.45, 2.75) is 44.2 Å². The highest BCUT2D eigenvalue weighted by Gasteiger charge is 2.20. The van der Waals surface area contributed by atoms with Crippen molar-refractivity contribution in [1.29, 1.82) is 0 Å². The second-order valence-corrected chi connectivity index (χ2v) is 5.28. The molecule has 3 nitrogen and oxygen atoms in total. The molecule has 0 saturated heterocycles. The number of hydrogen-bond acceptors (Lipinski definition) is 3. The molecule has 2 atom stereocenters. The smallest absolute Gasteiger partial charge is 0.119 e. The van der Waals surface area contributed by atoms with Crippen molar-refractivity contribution in [1.82, 2.24) is 5.32 Å². The summed E-state index contributed by atoms with van der Waals surface area (Å²) in [4.78, 5) is 0. The predicted molar refractivity (Wildman–Crippen MR) is 77.8 cm³/mol. The van der Waals surface area contributed by atoms with Crippen LogP contribution in [0.2, 0.25) is 0 Å². The highest BCUT2D eigenvalue weighted by atomic mass is 16.5. The Labute approximate surface area is 116 Å². The molecule has 1 aliphatic carbocycles. The summed E-state index contributed by atoms with van der Waals surface area (Å²) in [6, 6.07) is 8.92. The zero-order chi connectivity index (χ0) is 13.5. The molecule has 2 rings (SSSR count). The molecule has 0 radical (unpaired) electrons. The molecule has 0 aliphatic heterocycles. The van der Waals surface area contributed by atoms with Gasteiger partial charge in [-0.15, -0.1) is 0 Å². The first kappa shape index (κ1) is 14.4. The van der Waals surface area contributed by atoms with Crippen molar-refractivity contribution in [3.05, 3.63) is 29.8 Å². The molecule has 106 valence electrons. The third kappa shape index (κ3) is 4.51. The van der Waals surface area contributed by atoms with Gasteiger partial charge in [-0.05, 0) is 56.3 Å². The maximum atomic E-state index is 5.46. The fourth-order valence-electron chi connectivity index (χ4n) is 2.79. The van der Waals surface area contributed by atoms with Crippen LogP contribution in [0.3, 0.4) is 0 Å². The van der Waals surface area contributed by atoms with Gasteiger partial charge in [0.1, 0.15) is 5.75 Å². The fraction of sp³-hybridized carbons (Fsp3) is 0.625. The minimum absolute atomic E-state index is 0.447. The summed E-state index contributed by atoms with van der Waals surface area (Å²) < 4.78 is 10.7. The van der Waals surface area contributed by atoms with Crippen LogP contribution in [0.15, 0.2) is 24.3 Å². The normalized spacial score (nSPS) is 23.3. The Morgan fingerprint density at radius 1 is 1.26 bits per heavy atom. The van der Waals surface area contributed by atoms with Gasteiger partial charge in [-0.25, -0.2) is 0 Å². The number of hydrogen-bond donors (Lipinski definition) is 1. The van der Waals surface area contributed by atoms with Gasteiger partial charge >= 0.3 is 0 Å². The van der Waals surface area contributed by atoms with Gasteiger partial charge in [0.15, 0.2) is 0 Å². The molecule has 1 aliphatic rings. The lowest BCUT2D eigenvalue weighted by atomic mass is 9.93. The highest BCUT2D eigenvalue weighted by molar-refractivity contribution is 5.28. The van der Waals surface area contributed by atoms with E-state index in [2.05, 4.69) is 23.5 Å². The van der Waals surface area contributed by atoms with Gasteiger partial charge in [0.2, 0.25) is 0 Å². The lowest BCUT2D eigenvalue weighted by molar-refractivity contribution is 0.0590. The molecule has 0 amide bonds. The van der Waals surface area contributed by atoms with Crippen molar-refractivity contribution in [2.24, 2.45) is 0 Å². The number of benzene rings is 1. The lowest BCUT2D eigenvalue weighted by Gasteiger charge is -2.29. The number of methoxy groups -OCH3 is 2. The maximum absolute atomic E-state index is 5.46. The van der Waals surface area contributed by atoms with Gasteiger partial charge in [-0.1, -0.05) is 12.1 Å². The van der Waals surface area contributed by atoms with E-state index in [0.717, 1.165) is 25.1 Å². The standard InChI is InChI=1S/C16H25NO2/c1-18-15-7-3-5-13(11-15)9-10-17-14-6-4-8-16(12-14)19-2/h3,5,7,11,14,16-17H,4,6,8-10,12H2,1-2H3. The van der Waals surface area contributed by atoms with Gasteiger partial charge in [-0.2, -0.15) is 0 Å². The monoisotopic (exact) mass is 263 g/mol. The number of nitrogens with one attached hydrogen (secondary N) is 1. The van der Waals surface area contributed by atoms with Crippen LogP contribution in [0, 0.1) is 0 Å². The highest BCUT2D eigenvalue weighted by Crippen LogP contribution is 2.20. The first-order valence-electron chi connectivity index (χ1n) is 7.21. The molecular weight excluding hydrogens is 238 g/mol. The van der Waals surface area contributed by atoms with Crippen LogP contribution in [0.4, 0.5) is 0 Å². The molecule has 19 heavy (non-hydrogen) atoms. The van der Waals surface area contributed by atoms with Gasteiger partial charge in [-0.3, -0.25) is 0 Å². The summed E-state index contributed by atoms with van der Waals surface area (Å²) in [5, 5.41) is 3.65. The van der Waals surface area contributed by atoms with E-state index >= 15 is 0 Å². The number of ether oxygens (including phenoxy) is 2. The van der Waals surface area contributed by atoms with E-state index in [-0.39, 0.29) is 0 Å². The summed E-state index contributed by atoms with van der Waals surface area (Å²) in [5.74, 6) is 0.939. The van der Waals surface area contributed by atoms with Crippen LogP contribution in [0.5, 0.6) is 5.75 Å². The Balaban J connectivity index is 1.73. The summed E-state index contributed by atoms with van der Waals surface area (Å²) in [7, 11) is 3.54. The zero-order valence-electron chi connectivity index (χ0n) is 12.0. The number of rotatable bonds is 6. The quantitative estimate of drug-likeness (QED) is 0.856. The molecule has 0 bridgehead atoms. The van der Waals surface area contributed by atoms with Crippen LogP contribution in [0.25, 0.3) is 0 Å². The molecule has 1 saturated carbocycles. The minimum atomic E-state index is 0.447. The molecule has 1 N–H and O–H groups in total.